The molecular formula is C27H35N3O4. The molecule has 2 fully saturated rings. The number of anilines is 1. The molecule has 2 saturated heterocycles. The molecule has 0 bridgehead atoms. The Morgan fingerprint density at radius 1 is 1.03 bits per heavy atom. The molecule has 2 N–H and O–H groups in total. The predicted octanol–water partition coefficient (Wildman–Crippen LogP) is 2.94. The van der Waals surface area contributed by atoms with Crippen LogP contribution in [-0.4, -0.2) is 76.9 Å². The van der Waals surface area contributed by atoms with Crippen LogP contribution in [0.1, 0.15) is 32.3 Å². The lowest BCUT2D eigenvalue weighted by atomic mass is 9.81. The van der Waals surface area contributed by atoms with Gasteiger partial charge in [-0.2, -0.15) is 0 Å². The Morgan fingerprint density at radius 3 is 2.18 bits per heavy atom. The molecule has 1 spiro atoms. The molecule has 3 amide bonds. The van der Waals surface area contributed by atoms with E-state index in [0.29, 0.717) is 32.1 Å². The number of para-hydroxylation sites is 1. The zero-order valence-corrected chi connectivity index (χ0v) is 20.2. The van der Waals surface area contributed by atoms with Crippen LogP contribution < -0.4 is 4.90 Å². The normalized spacial score (nSPS) is 22.9. The van der Waals surface area contributed by atoms with Crippen molar-refractivity contribution in [3.8, 4) is 0 Å². The Bertz CT molecular complexity index is 1010. The van der Waals surface area contributed by atoms with Gasteiger partial charge in [0.2, 0.25) is 5.91 Å². The van der Waals surface area contributed by atoms with E-state index < -0.39 is 24.2 Å². The molecule has 7 nitrogen and oxygen atoms in total. The van der Waals surface area contributed by atoms with Crippen molar-refractivity contribution in [3.63, 3.8) is 0 Å². The average molecular weight is 466 g/mol. The second kappa shape index (κ2) is 9.39. The fourth-order valence-electron chi connectivity index (χ4n) is 5.43. The highest BCUT2D eigenvalue weighted by atomic mass is 16.3. The van der Waals surface area contributed by atoms with Gasteiger partial charge in [-0.25, -0.2) is 4.79 Å². The molecule has 0 aliphatic carbocycles. The third kappa shape index (κ3) is 4.07. The van der Waals surface area contributed by atoms with Crippen LogP contribution in [0, 0.1) is 11.3 Å². The number of nitrogens with zero attached hydrogens (tertiary/aromatic N) is 3. The molecule has 0 saturated carbocycles. The summed E-state index contributed by atoms with van der Waals surface area (Å²) in [6.07, 6.45) is 0. The molecule has 0 unspecified atom stereocenters. The molecule has 0 aromatic heterocycles. The van der Waals surface area contributed by atoms with Crippen LogP contribution in [0.5, 0.6) is 0 Å². The van der Waals surface area contributed by atoms with E-state index in [0.717, 1.165) is 11.3 Å². The van der Waals surface area contributed by atoms with E-state index in [2.05, 4.69) is 26.0 Å². The number of carbonyl (C=O) groups is 2. The molecular weight excluding hydrogens is 430 g/mol. The number of aliphatic hydroxyl groups excluding tert-OH is 2. The fourth-order valence-corrected chi connectivity index (χ4v) is 5.43. The largest absolute Gasteiger partial charge is 0.395 e. The molecule has 2 aliphatic rings. The van der Waals surface area contributed by atoms with Gasteiger partial charge in [0.15, 0.2) is 0 Å². The van der Waals surface area contributed by atoms with Crippen LogP contribution in [0.15, 0.2) is 60.7 Å². The summed E-state index contributed by atoms with van der Waals surface area (Å²) in [5.74, 6) is -0.114. The van der Waals surface area contributed by atoms with Crippen molar-refractivity contribution in [1.82, 2.24) is 9.80 Å². The van der Waals surface area contributed by atoms with Crippen molar-refractivity contribution in [1.29, 1.82) is 0 Å². The first-order valence-electron chi connectivity index (χ1n) is 12.0. The molecule has 4 rings (SSSR count). The maximum atomic E-state index is 13.8. The summed E-state index contributed by atoms with van der Waals surface area (Å²) >= 11 is 0. The van der Waals surface area contributed by atoms with Gasteiger partial charge in [0.05, 0.1) is 24.2 Å². The van der Waals surface area contributed by atoms with Crippen molar-refractivity contribution < 1.29 is 19.8 Å². The first kappa shape index (κ1) is 24.2. The van der Waals surface area contributed by atoms with Crippen LogP contribution >= 0.6 is 0 Å². The Balaban J connectivity index is 1.84. The maximum absolute atomic E-state index is 13.8. The van der Waals surface area contributed by atoms with Gasteiger partial charge in [0, 0.05) is 37.8 Å². The van der Waals surface area contributed by atoms with Crippen molar-refractivity contribution in [2.45, 2.75) is 32.2 Å². The maximum Gasteiger partial charge on any atom is 0.325 e. The first-order chi connectivity index (χ1) is 16.3. The third-order valence-electron chi connectivity index (χ3n) is 7.19. The monoisotopic (exact) mass is 465 g/mol. The highest BCUT2D eigenvalue weighted by molar-refractivity contribution is 5.97. The molecule has 34 heavy (non-hydrogen) atoms. The second-order valence-corrected chi connectivity index (χ2v) is 10.4. The van der Waals surface area contributed by atoms with E-state index >= 15 is 0 Å². The zero-order valence-electron chi connectivity index (χ0n) is 20.2. The molecule has 182 valence electrons. The van der Waals surface area contributed by atoms with Crippen LogP contribution in [0.25, 0.3) is 0 Å². The molecule has 2 atom stereocenters. The summed E-state index contributed by atoms with van der Waals surface area (Å²) in [4.78, 5) is 32.9. The minimum absolute atomic E-state index is 0.0535. The number of likely N-dealkylation sites (tertiary alicyclic amines) is 1. The van der Waals surface area contributed by atoms with E-state index in [1.807, 2.05) is 58.3 Å². The Morgan fingerprint density at radius 2 is 1.62 bits per heavy atom. The highest BCUT2D eigenvalue weighted by Gasteiger charge is 2.61. The van der Waals surface area contributed by atoms with E-state index in [4.69, 9.17) is 0 Å². The van der Waals surface area contributed by atoms with Gasteiger partial charge < -0.3 is 20.0 Å². The number of amides is 3. The van der Waals surface area contributed by atoms with E-state index in [9.17, 15) is 19.8 Å². The smallest absolute Gasteiger partial charge is 0.325 e. The minimum atomic E-state index is -1.27. The van der Waals surface area contributed by atoms with Gasteiger partial charge in [-0.1, -0.05) is 62.4 Å². The van der Waals surface area contributed by atoms with Gasteiger partial charge in [0.25, 0.3) is 0 Å². The van der Waals surface area contributed by atoms with Crippen LogP contribution in [0.2, 0.25) is 0 Å². The quantitative estimate of drug-likeness (QED) is 0.659. The number of hydrogen-bond donors (Lipinski definition) is 2. The summed E-state index contributed by atoms with van der Waals surface area (Å²) in [5, 5.41) is 19.8. The zero-order chi connectivity index (χ0) is 24.5. The van der Waals surface area contributed by atoms with Crippen molar-refractivity contribution in [2.75, 3.05) is 44.3 Å². The molecule has 2 aromatic rings. The van der Waals surface area contributed by atoms with Crippen molar-refractivity contribution in [3.05, 3.63) is 66.2 Å². The lowest BCUT2D eigenvalue weighted by Crippen LogP contribution is -2.54. The van der Waals surface area contributed by atoms with Crippen molar-refractivity contribution in [2.24, 2.45) is 11.3 Å². The average Bonchev–Trinajstić information content (AvgIpc) is 3.35. The molecule has 0 radical (unpaired) electrons. The van der Waals surface area contributed by atoms with Gasteiger partial charge in [-0.05, 0) is 30.5 Å². The Labute approximate surface area is 201 Å². The summed E-state index contributed by atoms with van der Waals surface area (Å²) in [6.45, 7) is 6.75. The number of carbonyl (C=O) groups excluding carboxylic acids is 2. The molecule has 7 heteroatoms. The van der Waals surface area contributed by atoms with Crippen LogP contribution in [0.3, 0.4) is 0 Å². The number of rotatable bonds is 7. The molecule has 2 aliphatic heterocycles. The lowest BCUT2D eigenvalue weighted by Gasteiger charge is -2.38. The van der Waals surface area contributed by atoms with Gasteiger partial charge >= 0.3 is 6.03 Å². The summed E-state index contributed by atoms with van der Waals surface area (Å²) in [7, 11) is 0. The summed E-state index contributed by atoms with van der Waals surface area (Å²) < 4.78 is 0. The lowest BCUT2D eigenvalue weighted by molar-refractivity contribution is -0.145. The number of benzene rings is 2. The predicted molar refractivity (Wildman–Crippen MR) is 132 cm³/mol. The summed E-state index contributed by atoms with van der Waals surface area (Å²) in [6, 6.07) is 19.6. The number of urea groups is 1. The summed E-state index contributed by atoms with van der Waals surface area (Å²) in [5.41, 5.74) is -0.0746. The Kier molecular flexibility index (Phi) is 6.69. The van der Waals surface area contributed by atoms with Gasteiger partial charge in [-0.3, -0.25) is 9.69 Å². The molecule has 2 heterocycles. The minimum Gasteiger partial charge on any atom is -0.395 e. The standard InChI is InChI=1S/C27H35N3O4/c1-20(2)14-29-17-27(30(25(29)34)22-12-8-5-9-13-22)16-28(24(33)26(3,18-31)19-32)15-23(27)21-10-6-4-7-11-21/h4-13,20,23,31-32H,14-19H2,1-3H3/t23-,27-/m1/s1. The van der Waals surface area contributed by atoms with Crippen LogP contribution in [-0.2, 0) is 4.79 Å². The SMILES string of the molecule is CC(C)CN1C[C@@]2(CN(C(=O)C(C)(CO)CO)C[C@@H]2c2ccccc2)N(c2ccccc2)C1=O. The van der Waals surface area contributed by atoms with Crippen molar-refractivity contribution >= 4 is 17.6 Å². The van der Waals surface area contributed by atoms with Crippen LogP contribution in [0.4, 0.5) is 10.5 Å². The first-order valence-corrected chi connectivity index (χ1v) is 12.0. The topological polar surface area (TPSA) is 84.3 Å². The Hall–Kier alpha value is -2.90. The van der Waals surface area contributed by atoms with Gasteiger partial charge in [0.1, 0.15) is 0 Å². The molecule has 2 aromatic carbocycles. The second-order valence-electron chi connectivity index (χ2n) is 10.4. The van der Waals surface area contributed by atoms with Gasteiger partial charge in [-0.15, -0.1) is 0 Å². The number of hydrogen-bond acceptors (Lipinski definition) is 4. The van der Waals surface area contributed by atoms with E-state index in [-0.39, 0.29) is 17.9 Å². The highest BCUT2D eigenvalue weighted by Crippen LogP contribution is 2.47. The van der Waals surface area contributed by atoms with E-state index in [1.165, 1.54) is 0 Å². The third-order valence-corrected chi connectivity index (χ3v) is 7.19. The fraction of sp³-hybridized carbons (Fsp3) is 0.481. The van der Waals surface area contributed by atoms with E-state index in [1.54, 1.807) is 11.8 Å². The number of aliphatic hydroxyl groups is 2.